The Bertz CT molecular complexity index is 3540. The molecule has 1 aromatic heterocycles. The zero-order chi connectivity index (χ0) is 84.4. The maximum Gasteiger partial charge on any atom is 0.305 e. The van der Waals surface area contributed by atoms with Gasteiger partial charge in [0.15, 0.2) is 5.96 Å². The van der Waals surface area contributed by atoms with Crippen molar-refractivity contribution >= 4 is 101 Å². The minimum absolute atomic E-state index is 0.00766. The number of nitrogens with one attached hydrogen (secondary N) is 15. The molecule has 0 bridgehead atoms. The molecule has 0 fully saturated rings. The molecule has 0 spiro atoms. The average Bonchev–Trinajstić information content (AvgIpc) is 1.33. The summed E-state index contributed by atoms with van der Waals surface area (Å²) < 4.78 is 0. The van der Waals surface area contributed by atoms with Crippen LogP contribution in [-0.4, -0.2) is 275 Å². The Hall–Kier alpha value is -11.2. The second-order valence-electron chi connectivity index (χ2n) is 27.4. The summed E-state index contributed by atoms with van der Waals surface area (Å²) in [6.45, 7) is 12.6. The van der Waals surface area contributed by atoms with E-state index >= 15 is 0 Å². The fourth-order valence-corrected chi connectivity index (χ4v) is 10.3. The minimum atomic E-state index is -1.94. The van der Waals surface area contributed by atoms with Gasteiger partial charge >= 0.3 is 5.97 Å². The molecular weight excluding hydrogens is 1470 g/mol. The van der Waals surface area contributed by atoms with Crippen LogP contribution in [0.5, 0.6) is 5.75 Å². The number of guanidine groups is 1. The molecule has 111 heavy (non-hydrogen) atoms. The first-order valence-electron chi connectivity index (χ1n) is 35.4. The lowest BCUT2D eigenvalue weighted by Gasteiger charge is -2.29. The summed E-state index contributed by atoms with van der Waals surface area (Å²) in [5.41, 5.74) is 23.0. The van der Waals surface area contributed by atoms with Crippen LogP contribution >= 0.6 is 0 Å². The number of hydrogen-bond donors (Lipinski definition) is 26. The summed E-state index contributed by atoms with van der Waals surface area (Å²) in [6.07, 6.45) is -5.72. The number of carbonyl (C=O) groups is 16. The number of aromatic amines is 1. The number of phenolic OH excluding ortho intramolecular Hbond substituents is 1. The second-order valence-corrected chi connectivity index (χ2v) is 27.4. The molecule has 2 rings (SSSR count). The van der Waals surface area contributed by atoms with Crippen LogP contribution in [0.2, 0.25) is 0 Å². The number of aliphatic carboxylic acids is 1. The molecule has 2 aromatic rings. The number of hydrogen-bond acceptors (Lipinski definition) is 25. The number of phenols is 1. The van der Waals surface area contributed by atoms with Gasteiger partial charge in [0.25, 0.3) is 0 Å². The van der Waals surface area contributed by atoms with Crippen LogP contribution in [0.4, 0.5) is 0 Å². The van der Waals surface area contributed by atoms with Crippen LogP contribution in [-0.2, 0) is 89.6 Å². The number of amides is 15. The molecule has 0 radical (unpaired) electrons. The maximum absolute atomic E-state index is 14.3. The lowest BCUT2D eigenvalue weighted by Crippen LogP contribution is -2.63. The number of H-pyrrole nitrogens is 1. The van der Waals surface area contributed by atoms with Gasteiger partial charge in [-0.1, -0.05) is 39.8 Å². The van der Waals surface area contributed by atoms with Gasteiger partial charge in [0.1, 0.15) is 84.3 Å². The van der Waals surface area contributed by atoms with Crippen LogP contribution in [0, 0.1) is 11.8 Å². The predicted molar refractivity (Wildman–Crippen MR) is 391 cm³/mol. The number of aliphatic hydroxyl groups excluding tert-OH is 5. The van der Waals surface area contributed by atoms with Gasteiger partial charge in [-0.05, 0) is 110 Å². The van der Waals surface area contributed by atoms with E-state index in [0.29, 0.717) is 5.56 Å². The van der Waals surface area contributed by atoms with E-state index < -0.39 is 229 Å². The number of nitrogens with zero attached hydrogens (tertiary/aromatic N) is 2. The molecule has 0 aliphatic heterocycles. The van der Waals surface area contributed by atoms with E-state index in [0.717, 1.165) is 27.7 Å². The van der Waals surface area contributed by atoms with Gasteiger partial charge in [-0.25, -0.2) is 4.98 Å². The van der Waals surface area contributed by atoms with Crippen molar-refractivity contribution in [3.63, 3.8) is 0 Å². The van der Waals surface area contributed by atoms with Gasteiger partial charge in [0.05, 0.1) is 56.4 Å². The van der Waals surface area contributed by atoms with Crippen LogP contribution in [0.15, 0.2) is 41.8 Å². The number of nitrogens with two attached hydrogens (primary N) is 4. The average molecular weight is 1580 g/mol. The van der Waals surface area contributed by atoms with Crippen molar-refractivity contribution in [3.05, 3.63) is 48.0 Å². The summed E-state index contributed by atoms with van der Waals surface area (Å²) >= 11 is 0. The molecule has 0 aliphatic carbocycles. The molecule has 18 atom stereocenters. The van der Waals surface area contributed by atoms with E-state index in [9.17, 15) is 112 Å². The van der Waals surface area contributed by atoms with Crippen molar-refractivity contribution in [1.29, 1.82) is 0 Å². The van der Waals surface area contributed by atoms with E-state index in [-0.39, 0.29) is 68.4 Å². The van der Waals surface area contributed by atoms with E-state index in [1.807, 2.05) is 0 Å². The summed E-state index contributed by atoms with van der Waals surface area (Å²) in [4.78, 5) is 225. The zero-order valence-corrected chi connectivity index (χ0v) is 63.4. The Morgan fingerprint density at radius 2 is 0.856 bits per heavy atom. The predicted octanol–water partition coefficient (Wildman–Crippen LogP) is -10.7. The molecule has 15 amide bonds. The number of aliphatic imine (C=N–C) groups is 1. The minimum Gasteiger partial charge on any atom is -0.508 e. The van der Waals surface area contributed by atoms with Crippen LogP contribution < -0.4 is 97.4 Å². The number of rotatable bonds is 48. The number of carbonyl (C=O) groups excluding carboxylic acids is 15. The first-order valence-corrected chi connectivity index (χ1v) is 35.4. The van der Waals surface area contributed by atoms with Crippen molar-refractivity contribution in [2.75, 3.05) is 19.7 Å². The van der Waals surface area contributed by atoms with Gasteiger partial charge in [-0.2, -0.15) is 0 Å². The number of aliphatic hydroxyl groups is 5. The Labute approximate surface area is 638 Å². The van der Waals surface area contributed by atoms with Crippen molar-refractivity contribution in [2.24, 2.45) is 39.8 Å². The zero-order valence-electron chi connectivity index (χ0n) is 63.4. The summed E-state index contributed by atoms with van der Waals surface area (Å²) in [5.74, 6) is -18.9. The summed E-state index contributed by atoms with van der Waals surface area (Å²) in [6, 6.07) is -16.8. The Morgan fingerprint density at radius 3 is 1.29 bits per heavy atom. The van der Waals surface area contributed by atoms with Gasteiger partial charge < -0.3 is 138 Å². The standard InChI is InChI=1S/C67H109N21O23/c1-28(2)19-42(59(104)76-31(6)55(100)81-44(22-38-24-72-27-75-38)60(105)83-43(20-29(3)4)62(107)87-51(35(10)92)66(111)88-52(36(11)93)65(110)85-49(33(8)90)53(69)98)82-61(106)45(23-48(96)97)79-47(95)25-74-58(103)41(13-12-18-73-67(70)71)80-54(99)30(5)77-63(108)46(26-89)84-56(101)32(7)78-64(109)50(34(9)91)86-57(102)40(68)21-37-14-16-39(94)17-15-37/h14-17,24,27-36,40-46,49-52,89-94H,12-13,18-23,25-26,68H2,1-11H3,(H2,69,98)(H,72,75)(H,74,103)(H,76,104)(H,77,108)(H,78,109)(H,79,95)(H,80,99)(H,81,100)(H,82,106)(H,83,105)(H,84,101)(H,85,110)(H,86,102)(H,87,107)(H,88,111)(H,96,97)(H4,70,71,73)/t30-,31-,32-,33+,34+,35+,36+,40-,41-,42-,43-,44-,45-,46-,49-,50-,51-,52-/m0/s1. The first kappa shape index (κ1) is 95.9. The fraction of sp³-hybridized carbons (Fsp3) is 0.612. The van der Waals surface area contributed by atoms with E-state index in [2.05, 4.69) is 89.4 Å². The van der Waals surface area contributed by atoms with Crippen molar-refractivity contribution in [2.45, 2.75) is 230 Å². The molecule has 0 saturated heterocycles. The third-order valence-electron chi connectivity index (χ3n) is 16.4. The van der Waals surface area contributed by atoms with Crippen LogP contribution in [0.25, 0.3) is 0 Å². The number of primary amides is 1. The third-order valence-corrected chi connectivity index (χ3v) is 16.4. The Balaban J connectivity index is 2.25. The molecule has 44 heteroatoms. The summed E-state index contributed by atoms with van der Waals surface area (Å²) in [5, 5.41) is 103. The first-order chi connectivity index (χ1) is 51.8. The highest BCUT2D eigenvalue weighted by Crippen LogP contribution is 2.14. The highest BCUT2D eigenvalue weighted by Gasteiger charge is 2.39. The summed E-state index contributed by atoms with van der Waals surface area (Å²) in [7, 11) is 0. The highest BCUT2D eigenvalue weighted by atomic mass is 16.4. The molecule has 620 valence electrons. The number of imidazole rings is 1. The lowest BCUT2D eigenvalue weighted by atomic mass is 10.0. The Kier molecular flexibility index (Phi) is 40.6. The van der Waals surface area contributed by atoms with Gasteiger partial charge in [-0.3, -0.25) is 81.7 Å². The maximum atomic E-state index is 14.3. The number of carboxylic acids is 1. The molecule has 44 nitrogen and oxygen atoms in total. The number of aromatic hydroxyl groups is 1. The number of carboxylic acid groups (broad SMARTS) is 1. The number of aromatic nitrogens is 2. The topological polar surface area (TPSA) is 728 Å². The highest BCUT2D eigenvalue weighted by molar-refractivity contribution is 6.01. The largest absolute Gasteiger partial charge is 0.508 e. The lowest BCUT2D eigenvalue weighted by molar-refractivity contribution is -0.141. The van der Waals surface area contributed by atoms with Gasteiger partial charge in [0, 0.05) is 24.9 Å². The third kappa shape index (κ3) is 34.5. The smallest absolute Gasteiger partial charge is 0.305 e. The SMILES string of the molecule is CC(C)C[C@H](NC(=O)[C@H](CC(=O)O)NC(=O)CNC(=O)[C@H](CCCN=C(N)N)NC(=O)[C@H](C)NC(=O)[C@H](CO)NC(=O)[C@H](C)NC(=O)[C@@H](NC(=O)[C@@H](N)Cc1ccc(O)cc1)[C@@H](C)O)C(=O)N[C@@H](C)C(=O)N[C@@H](Cc1cnc[nH]1)C(=O)N[C@@H](CC(C)C)C(=O)N[C@H](C(=O)N[C@H](C(=O)N[C@H](C(N)=O)[C@@H](C)O)[C@@H](C)O)[C@@H](C)O. The molecule has 30 N–H and O–H groups in total. The van der Waals surface area contributed by atoms with Crippen LogP contribution in [0.1, 0.15) is 120 Å². The molecule has 1 aromatic carbocycles. The second kappa shape index (κ2) is 47.0. The molecule has 0 aliphatic rings. The van der Waals surface area contributed by atoms with Crippen molar-refractivity contribution in [3.8, 4) is 5.75 Å². The van der Waals surface area contributed by atoms with Crippen LogP contribution in [0.3, 0.4) is 0 Å². The molecule has 0 unspecified atom stereocenters. The van der Waals surface area contributed by atoms with E-state index in [1.54, 1.807) is 27.7 Å². The Morgan fingerprint density at radius 1 is 0.459 bits per heavy atom. The van der Waals surface area contributed by atoms with Crippen molar-refractivity contribution < 1.29 is 112 Å². The molecular formula is C67H109N21O23. The normalized spacial score (nSPS) is 16.1. The van der Waals surface area contributed by atoms with Gasteiger partial charge in [0.2, 0.25) is 88.6 Å². The fourth-order valence-electron chi connectivity index (χ4n) is 10.3. The quantitative estimate of drug-likeness (QED) is 0.0166. The van der Waals surface area contributed by atoms with Gasteiger partial charge in [-0.15, -0.1) is 0 Å². The monoisotopic (exact) mass is 1580 g/mol. The molecule has 0 saturated carbocycles. The van der Waals surface area contributed by atoms with E-state index in [1.165, 1.54) is 57.6 Å². The van der Waals surface area contributed by atoms with E-state index in [4.69, 9.17) is 22.9 Å². The van der Waals surface area contributed by atoms with Crippen molar-refractivity contribution in [1.82, 2.24) is 84.4 Å². The number of benzene rings is 1. The molecule has 1 heterocycles.